The van der Waals surface area contributed by atoms with Crippen LogP contribution in [0.1, 0.15) is 52.4 Å². The summed E-state index contributed by atoms with van der Waals surface area (Å²) >= 11 is 0. The normalized spacial score (nSPS) is 26.3. The zero-order valence-electron chi connectivity index (χ0n) is 14.3. The molecule has 2 amide bonds. The molecule has 1 heterocycles. The lowest BCUT2D eigenvalue weighted by Gasteiger charge is -2.35. The maximum atomic E-state index is 12.4. The molecule has 1 aliphatic carbocycles. The number of carbonyl (C=O) groups is 1. The van der Waals surface area contributed by atoms with Crippen LogP contribution in [-0.4, -0.2) is 55.6 Å². The summed E-state index contributed by atoms with van der Waals surface area (Å²) < 4.78 is 0. The minimum atomic E-state index is 0.168. The Morgan fingerprint density at radius 1 is 1.24 bits per heavy atom. The molecule has 4 heteroatoms. The van der Waals surface area contributed by atoms with Crippen molar-refractivity contribution in [3.8, 4) is 0 Å². The molecule has 2 fully saturated rings. The molecule has 122 valence electrons. The highest BCUT2D eigenvalue weighted by Gasteiger charge is 2.36. The molecular weight excluding hydrogens is 262 g/mol. The first-order chi connectivity index (χ1) is 9.88. The minimum Gasteiger partial charge on any atom is -0.335 e. The lowest BCUT2D eigenvalue weighted by Crippen LogP contribution is -2.50. The fourth-order valence-corrected chi connectivity index (χ4v) is 3.70. The van der Waals surface area contributed by atoms with Gasteiger partial charge < -0.3 is 15.1 Å². The average Bonchev–Trinajstić information content (AvgIpc) is 2.76. The first-order valence-electron chi connectivity index (χ1n) is 8.58. The summed E-state index contributed by atoms with van der Waals surface area (Å²) in [5.41, 5.74) is 0.264. The van der Waals surface area contributed by atoms with Gasteiger partial charge in [0.25, 0.3) is 0 Å². The molecule has 0 bridgehead atoms. The molecule has 21 heavy (non-hydrogen) atoms. The Morgan fingerprint density at radius 2 is 1.90 bits per heavy atom. The fourth-order valence-electron chi connectivity index (χ4n) is 3.70. The van der Waals surface area contributed by atoms with E-state index in [1.54, 1.807) is 0 Å². The zero-order valence-corrected chi connectivity index (χ0v) is 14.3. The minimum absolute atomic E-state index is 0.168. The van der Waals surface area contributed by atoms with Gasteiger partial charge in [0.1, 0.15) is 0 Å². The lowest BCUT2D eigenvalue weighted by atomic mass is 9.87. The zero-order chi connectivity index (χ0) is 15.5. The molecule has 1 atom stereocenters. The second kappa shape index (κ2) is 6.99. The van der Waals surface area contributed by atoms with Crippen LogP contribution in [0, 0.1) is 11.3 Å². The maximum Gasteiger partial charge on any atom is 0.317 e. The third-order valence-electron chi connectivity index (χ3n) is 5.44. The predicted molar refractivity (Wildman–Crippen MR) is 87.4 cm³/mol. The standard InChI is InChI=1S/C17H33N3O/c1-17(2)10-5-6-15(17)18-16(21)20-12-8-14(9-13-20)7-11-19(3)4/h14-15H,5-13H2,1-4H3,(H,18,21). The molecule has 4 nitrogen and oxygen atoms in total. The Hall–Kier alpha value is -0.770. The third-order valence-corrected chi connectivity index (χ3v) is 5.44. The van der Waals surface area contributed by atoms with Crippen LogP contribution in [0.3, 0.4) is 0 Å². The first-order valence-corrected chi connectivity index (χ1v) is 8.58. The van der Waals surface area contributed by atoms with E-state index in [9.17, 15) is 4.79 Å². The van der Waals surface area contributed by atoms with Gasteiger partial charge in [-0.15, -0.1) is 0 Å². The average molecular weight is 295 g/mol. The van der Waals surface area contributed by atoms with Crippen molar-refractivity contribution in [3.63, 3.8) is 0 Å². The quantitative estimate of drug-likeness (QED) is 0.865. The third kappa shape index (κ3) is 4.60. The highest BCUT2D eigenvalue weighted by atomic mass is 16.2. The molecule has 2 rings (SSSR count). The maximum absolute atomic E-state index is 12.4. The van der Waals surface area contributed by atoms with Gasteiger partial charge in [0.05, 0.1) is 0 Å². The van der Waals surface area contributed by atoms with Crippen LogP contribution in [0.4, 0.5) is 4.79 Å². The van der Waals surface area contributed by atoms with Crippen LogP contribution in [0.5, 0.6) is 0 Å². The number of piperidine rings is 1. The van der Waals surface area contributed by atoms with Gasteiger partial charge in [0.15, 0.2) is 0 Å². The molecule has 0 spiro atoms. The van der Waals surface area contributed by atoms with Crippen molar-refractivity contribution in [2.24, 2.45) is 11.3 Å². The number of nitrogens with zero attached hydrogens (tertiary/aromatic N) is 2. The topological polar surface area (TPSA) is 35.6 Å². The predicted octanol–water partition coefficient (Wildman–Crippen LogP) is 2.94. The van der Waals surface area contributed by atoms with Gasteiger partial charge in [0, 0.05) is 19.1 Å². The molecule has 0 aromatic carbocycles. The number of urea groups is 1. The van der Waals surface area contributed by atoms with Gasteiger partial charge in [-0.05, 0) is 64.1 Å². The first kappa shape index (κ1) is 16.6. The Balaban J connectivity index is 1.73. The molecular formula is C17H33N3O. The number of carbonyl (C=O) groups excluding carboxylic acids is 1. The van der Waals surface area contributed by atoms with E-state index in [0.717, 1.165) is 44.8 Å². The summed E-state index contributed by atoms with van der Waals surface area (Å²) in [5, 5.41) is 3.28. The number of amides is 2. The molecule has 0 radical (unpaired) electrons. The monoisotopic (exact) mass is 295 g/mol. The summed E-state index contributed by atoms with van der Waals surface area (Å²) in [6, 6.07) is 0.525. The number of rotatable bonds is 4. The van der Waals surface area contributed by atoms with Crippen LogP contribution in [-0.2, 0) is 0 Å². The van der Waals surface area contributed by atoms with Gasteiger partial charge in [-0.2, -0.15) is 0 Å². The number of likely N-dealkylation sites (tertiary alicyclic amines) is 1. The Labute approximate surface area is 130 Å². The van der Waals surface area contributed by atoms with E-state index in [4.69, 9.17) is 0 Å². The Kier molecular flexibility index (Phi) is 5.53. The van der Waals surface area contributed by atoms with E-state index >= 15 is 0 Å². The SMILES string of the molecule is CN(C)CCC1CCN(C(=O)NC2CCCC2(C)C)CC1. The van der Waals surface area contributed by atoms with Crippen LogP contribution < -0.4 is 5.32 Å². The molecule has 0 aromatic rings. The molecule has 1 N–H and O–H groups in total. The van der Waals surface area contributed by atoms with Crippen molar-refractivity contribution >= 4 is 6.03 Å². The largest absolute Gasteiger partial charge is 0.335 e. The summed E-state index contributed by atoms with van der Waals surface area (Å²) in [6.07, 6.45) is 7.19. The van der Waals surface area contributed by atoms with Crippen molar-refractivity contribution in [2.75, 3.05) is 33.7 Å². The Bertz CT molecular complexity index is 346. The van der Waals surface area contributed by atoms with Crippen molar-refractivity contribution in [1.82, 2.24) is 15.1 Å². The van der Waals surface area contributed by atoms with Gasteiger partial charge in [-0.25, -0.2) is 4.79 Å². The van der Waals surface area contributed by atoms with Crippen molar-refractivity contribution in [3.05, 3.63) is 0 Å². The summed E-state index contributed by atoms with van der Waals surface area (Å²) in [7, 11) is 4.26. The molecule has 1 saturated heterocycles. The van der Waals surface area contributed by atoms with Crippen LogP contribution in [0.25, 0.3) is 0 Å². The molecule has 1 unspecified atom stereocenters. The van der Waals surface area contributed by atoms with E-state index in [0.29, 0.717) is 6.04 Å². The number of hydrogen-bond acceptors (Lipinski definition) is 2. The van der Waals surface area contributed by atoms with Crippen molar-refractivity contribution < 1.29 is 4.79 Å². The molecule has 0 aromatic heterocycles. The summed E-state index contributed by atoms with van der Waals surface area (Å²) in [5.74, 6) is 0.791. The van der Waals surface area contributed by atoms with Gasteiger partial charge in [0.2, 0.25) is 0 Å². The second-order valence-electron chi connectivity index (χ2n) is 7.91. The van der Waals surface area contributed by atoms with E-state index < -0.39 is 0 Å². The van der Waals surface area contributed by atoms with E-state index in [1.807, 2.05) is 4.90 Å². The van der Waals surface area contributed by atoms with Gasteiger partial charge in [-0.3, -0.25) is 0 Å². The molecule has 1 aliphatic heterocycles. The number of nitrogens with one attached hydrogen (secondary N) is 1. The highest BCUT2D eigenvalue weighted by molar-refractivity contribution is 5.74. The van der Waals surface area contributed by atoms with Gasteiger partial charge >= 0.3 is 6.03 Å². The summed E-state index contributed by atoms with van der Waals surface area (Å²) in [6.45, 7) is 7.57. The molecule has 2 aliphatic rings. The smallest absolute Gasteiger partial charge is 0.317 e. The lowest BCUT2D eigenvalue weighted by molar-refractivity contribution is 0.154. The van der Waals surface area contributed by atoms with Crippen LogP contribution in [0.2, 0.25) is 0 Å². The van der Waals surface area contributed by atoms with Gasteiger partial charge in [-0.1, -0.05) is 20.3 Å². The van der Waals surface area contributed by atoms with E-state index in [2.05, 4.69) is 38.2 Å². The Morgan fingerprint density at radius 3 is 2.43 bits per heavy atom. The van der Waals surface area contributed by atoms with E-state index in [1.165, 1.54) is 19.3 Å². The summed E-state index contributed by atoms with van der Waals surface area (Å²) in [4.78, 5) is 16.7. The molecule has 1 saturated carbocycles. The van der Waals surface area contributed by atoms with Crippen LogP contribution >= 0.6 is 0 Å². The fraction of sp³-hybridized carbons (Fsp3) is 0.941. The van der Waals surface area contributed by atoms with Crippen molar-refractivity contribution in [2.45, 2.75) is 58.4 Å². The van der Waals surface area contributed by atoms with Crippen LogP contribution in [0.15, 0.2) is 0 Å². The second-order valence-corrected chi connectivity index (χ2v) is 7.91. The number of hydrogen-bond donors (Lipinski definition) is 1. The van der Waals surface area contributed by atoms with E-state index in [-0.39, 0.29) is 11.4 Å². The van der Waals surface area contributed by atoms with Crippen molar-refractivity contribution in [1.29, 1.82) is 0 Å². The highest BCUT2D eigenvalue weighted by Crippen LogP contribution is 2.37.